The largest absolute Gasteiger partial charge is 0.487 e. The third-order valence-corrected chi connectivity index (χ3v) is 5.78. The van der Waals surface area contributed by atoms with Crippen LogP contribution in [-0.2, 0) is 17.6 Å². The van der Waals surface area contributed by atoms with Crippen LogP contribution in [0.4, 0.5) is 0 Å². The monoisotopic (exact) mass is 404 g/mol. The number of hydrogen-bond donors (Lipinski definition) is 1. The van der Waals surface area contributed by atoms with Crippen LogP contribution < -0.4 is 10.1 Å². The summed E-state index contributed by atoms with van der Waals surface area (Å²) >= 11 is 1.70. The predicted octanol–water partition coefficient (Wildman–Crippen LogP) is 4.44. The second-order valence-corrected chi connectivity index (χ2v) is 8.17. The van der Waals surface area contributed by atoms with Gasteiger partial charge in [-0.05, 0) is 60.2 Å². The normalized spacial score (nSPS) is 14.9. The molecule has 4 rings (SSSR count). The number of benzene rings is 2. The summed E-state index contributed by atoms with van der Waals surface area (Å²) in [5.74, 6) is 0.906. The number of amides is 1. The second-order valence-electron chi connectivity index (χ2n) is 7.29. The zero-order valence-electron chi connectivity index (χ0n) is 16.6. The number of nitrogens with one attached hydrogen (secondary N) is 1. The van der Waals surface area contributed by atoms with Gasteiger partial charge in [-0.25, -0.2) is 0 Å². The van der Waals surface area contributed by atoms with Gasteiger partial charge in [0.2, 0.25) is 5.91 Å². The summed E-state index contributed by atoms with van der Waals surface area (Å²) < 4.78 is 6.22. The van der Waals surface area contributed by atoms with Crippen LogP contribution in [0.2, 0.25) is 0 Å². The van der Waals surface area contributed by atoms with Gasteiger partial charge in [-0.15, -0.1) is 11.8 Å². The predicted molar refractivity (Wildman–Crippen MR) is 117 cm³/mol. The van der Waals surface area contributed by atoms with Crippen LogP contribution in [0.5, 0.6) is 5.75 Å². The van der Waals surface area contributed by atoms with Crippen molar-refractivity contribution in [3.8, 4) is 17.0 Å². The maximum Gasteiger partial charge on any atom is 0.224 e. The minimum absolute atomic E-state index is 0.0163. The molecule has 0 spiro atoms. The lowest BCUT2D eigenvalue weighted by molar-refractivity contribution is -0.120. The van der Waals surface area contributed by atoms with Crippen LogP contribution in [-0.4, -0.2) is 29.8 Å². The highest BCUT2D eigenvalue weighted by atomic mass is 32.2. The molecule has 1 aromatic heterocycles. The molecule has 0 unspecified atom stereocenters. The maximum absolute atomic E-state index is 12.4. The van der Waals surface area contributed by atoms with Gasteiger partial charge in [0.05, 0.1) is 18.7 Å². The molecule has 0 saturated heterocycles. The van der Waals surface area contributed by atoms with E-state index in [1.165, 1.54) is 16.0 Å². The molecule has 2 heterocycles. The highest BCUT2D eigenvalue weighted by Gasteiger charge is 2.27. The summed E-state index contributed by atoms with van der Waals surface area (Å²) in [6.45, 7) is 2.58. The van der Waals surface area contributed by atoms with Gasteiger partial charge in [0.1, 0.15) is 11.9 Å². The Morgan fingerprint density at radius 2 is 2.03 bits per heavy atom. The lowest BCUT2D eigenvalue weighted by Gasteiger charge is -2.14. The third-order valence-electron chi connectivity index (χ3n) is 5.03. The summed E-state index contributed by atoms with van der Waals surface area (Å²) in [5, 5.41) is 3.03. The molecule has 0 radical (unpaired) electrons. The molecule has 0 saturated carbocycles. The summed E-state index contributed by atoms with van der Waals surface area (Å²) in [6, 6.07) is 18.3. The number of aryl methyl sites for hydroxylation is 1. The van der Waals surface area contributed by atoms with Crippen LogP contribution in [0, 0.1) is 6.92 Å². The van der Waals surface area contributed by atoms with Crippen molar-refractivity contribution in [2.24, 2.45) is 0 Å². The van der Waals surface area contributed by atoms with Gasteiger partial charge >= 0.3 is 0 Å². The van der Waals surface area contributed by atoms with Crippen molar-refractivity contribution in [1.82, 2.24) is 10.3 Å². The Balaban J connectivity index is 1.39. The molecule has 1 amide bonds. The molecular weight excluding hydrogens is 380 g/mol. The van der Waals surface area contributed by atoms with Crippen molar-refractivity contribution in [1.29, 1.82) is 0 Å². The lowest BCUT2D eigenvalue weighted by Crippen LogP contribution is -2.35. The summed E-state index contributed by atoms with van der Waals surface area (Å²) in [5.41, 5.74) is 5.31. The Kier molecular flexibility index (Phi) is 5.86. The van der Waals surface area contributed by atoms with Crippen molar-refractivity contribution >= 4 is 17.7 Å². The molecule has 0 fully saturated rings. The van der Waals surface area contributed by atoms with E-state index >= 15 is 0 Å². The Morgan fingerprint density at radius 1 is 1.21 bits per heavy atom. The number of thioether (sulfide) groups is 1. The zero-order valence-corrected chi connectivity index (χ0v) is 17.5. The van der Waals surface area contributed by atoms with Gasteiger partial charge in [0.15, 0.2) is 0 Å². The fourth-order valence-electron chi connectivity index (χ4n) is 3.64. The number of carbonyl (C=O) groups excluding carboxylic acids is 1. The van der Waals surface area contributed by atoms with Gasteiger partial charge in [-0.3, -0.25) is 9.78 Å². The number of aromatic nitrogens is 1. The molecular formula is C24H24N2O2S. The number of carbonyl (C=O) groups is 1. The standard InChI is InChI=1S/C24H24N2O2S/c1-16-11-18-14-19(28-24(18)21(12-16)22-5-3-4-10-25-22)15-26-23(27)13-17-6-8-20(29-2)9-7-17/h3-12,19H,13-15H2,1-2H3,(H,26,27)/t19-/m1/s1. The van der Waals surface area contributed by atoms with Crippen molar-refractivity contribution in [2.45, 2.75) is 30.8 Å². The van der Waals surface area contributed by atoms with E-state index in [1.807, 2.05) is 48.7 Å². The van der Waals surface area contributed by atoms with Crippen LogP contribution in [0.1, 0.15) is 16.7 Å². The first-order valence-corrected chi connectivity index (χ1v) is 11.0. The maximum atomic E-state index is 12.4. The number of rotatable bonds is 6. The molecule has 0 bridgehead atoms. The number of hydrogen-bond acceptors (Lipinski definition) is 4. The first kappa shape index (κ1) is 19.5. The fraction of sp³-hybridized carbons (Fsp3) is 0.250. The second kappa shape index (κ2) is 8.70. The Bertz CT molecular complexity index is 1000. The third kappa shape index (κ3) is 4.62. The first-order chi connectivity index (χ1) is 14.1. The van der Waals surface area contributed by atoms with E-state index in [4.69, 9.17) is 4.74 Å². The van der Waals surface area contributed by atoms with Crippen LogP contribution in [0.15, 0.2) is 65.7 Å². The quantitative estimate of drug-likeness (QED) is 0.617. The van der Waals surface area contributed by atoms with Crippen molar-refractivity contribution < 1.29 is 9.53 Å². The van der Waals surface area contributed by atoms with Gasteiger partial charge in [-0.2, -0.15) is 0 Å². The molecule has 2 aromatic carbocycles. The van der Waals surface area contributed by atoms with Gasteiger partial charge < -0.3 is 10.1 Å². The summed E-state index contributed by atoms with van der Waals surface area (Å²) in [6.07, 6.45) is 4.95. The molecule has 29 heavy (non-hydrogen) atoms. The van der Waals surface area contributed by atoms with Gasteiger partial charge in [0, 0.05) is 23.1 Å². The summed E-state index contributed by atoms with van der Waals surface area (Å²) in [7, 11) is 0. The Morgan fingerprint density at radius 3 is 2.76 bits per heavy atom. The zero-order chi connectivity index (χ0) is 20.2. The van der Waals surface area contributed by atoms with E-state index in [0.717, 1.165) is 29.0 Å². The molecule has 1 aliphatic heterocycles. The van der Waals surface area contributed by atoms with E-state index in [9.17, 15) is 4.79 Å². The fourth-order valence-corrected chi connectivity index (χ4v) is 4.05. The van der Waals surface area contributed by atoms with Crippen LogP contribution in [0.3, 0.4) is 0 Å². The van der Waals surface area contributed by atoms with Crippen molar-refractivity contribution in [3.63, 3.8) is 0 Å². The van der Waals surface area contributed by atoms with Crippen LogP contribution in [0.25, 0.3) is 11.3 Å². The topological polar surface area (TPSA) is 51.2 Å². The average molecular weight is 405 g/mol. The van der Waals surface area contributed by atoms with E-state index in [-0.39, 0.29) is 12.0 Å². The van der Waals surface area contributed by atoms with Crippen LogP contribution >= 0.6 is 11.8 Å². The molecule has 5 heteroatoms. The van der Waals surface area contributed by atoms with E-state index in [2.05, 4.69) is 29.4 Å². The SMILES string of the molecule is CSc1ccc(CC(=O)NC[C@H]2Cc3cc(C)cc(-c4ccccn4)c3O2)cc1. The molecule has 3 aromatic rings. The number of pyridine rings is 1. The number of fused-ring (bicyclic) bond motifs is 1. The highest BCUT2D eigenvalue weighted by Crippen LogP contribution is 2.39. The lowest BCUT2D eigenvalue weighted by atomic mass is 10.0. The molecule has 0 aliphatic carbocycles. The van der Waals surface area contributed by atoms with E-state index in [0.29, 0.717) is 13.0 Å². The molecule has 4 nitrogen and oxygen atoms in total. The highest BCUT2D eigenvalue weighted by molar-refractivity contribution is 7.98. The average Bonchev–Trinajstić information content (AvgIpc) is 3.15. The first-order valence-electron chi connectivity index (χ1n) is 9.73. The van der Waals surface area contributed by atoms with Gasteiger partial charge in [0.25, 0.3) is 0 Å². The van der Waals surface area contributed by atoms with Crippen molar-refractivity contribution in [2.75, 3.05) is 12.8 Å². The van der Waals surface area contributed by atoms with E-state index in [1.54, 1.807) is 18.0 Å². The van der Waals surface area contributed by atoms with Crippen molar-refractivity contribution in [3.05, 3.63) is 77.5 Å². The minimum Gasteiger partial charge on any atom is -0.487 e. The minimum atomic E-state index is -0.0583. The smallest absolute Gasteiger partial charge is 0.224 e. The molecule has 148 valence electrons. The Hall–Kier alpha value is -2.79. The number of nitrogens with zero attached hydrogens (tertiary/aromatic N) is 1. The molecule has 1 N–H and O–H groups in total. The molecule has 1 aliphatic rings. The molecule has 1 atom stereocenters. The summed E-state index contributed by atoms with van der Waals surface area (Å²) in [4.78, 5) is 18.0. The van der Waals surface area contributed by atoms with E-state index < -0.39 is 0 Å². The number of ether oxygens (including phenoxy) is 1. The Labute approximate surface area is 175 Å². The van der Waals surface area contributed by atoms with Gasteiger partial charge in [-0.1, -0.05) is 24.3 Å².